The summed E-state index contributed by atoms with van der Waals surface area (Å²) in [6.45, 7) is 8.80. The second-order valence-electron chi connectivity index (χ2n) is 5.11. The number of hydrogen-bond acceptors (Lipinski definition) is 0. The van der Waals surface area contributed by atoms with Crippen LogP contribution in [0, 0.1) is 13.8 Å². The molecule has 0 unspecified atom stereocenters. The van der Waals surface area contributed by atoms with Gasteiger partial charge in [0.05, 0.1) is 0 Å². The molecule has 0 nitrogen and oxygen atoms in total. The van der Waals surface area contributed by atoms with Crippen LogP contribution < -0.4 is 0 Å². The summed E-state index contributed by atoms with van der Waals surface area (Å²) in [4.78, 5) is 0. The zero-order chi connectivity index (χ0) is 12.4. The number of aryl methyl sites for hydroxylation is 2. The minimum atomic E-state index is 0.561. The van der Waals surface area contributed by atoms with E-state index in [1.165, 1.54) is 27.8 Å². The third kappa shape index (κ3) is 2.58. The van der Waals surface area contributed by atoms with Gasteiger partial charge >= 0.3 is 0 Å². The Kier molecular flexibility index (Phi) is 3.33. The minimum absolute atomic E-state index is 0.561. The van der Waals surface area contributed by atoms with Crippen molar-refractivity contribution in [2.45, 2.75) is 33.6 Å². The summed E-state index contributed by atoms with van der Waals surface area (Å²) in [6.07, 6.45) is 0. The molecule has 0 amide bonds. The highest BCUT2D eigenvalue weighted by Crippen LogP contribution is 2.30. The molecule has 0 aliphatic rings. The molecule has 0 aliphatic carbocycles. The summed E-state index contributed by atoms with van der Waals surface area (Å²) in [5.74, 6) is 0.561. The molecule has 0 atom stereocenters. The lowest BCUT2D eigenvalue weighted by molar-refractivity contribution is 0.867. The Morgan fingerprint density at radius 1 is 0.765 bits per heavy atom. The van der Waals surface area contributed by atoms with E-state index in [1.54, 1.807) is 0 Å². The van der Waals surface area contributed by atoms with Crippen molar-refractivity contribution in [3.63, 3.8) is 0 Å². The summed E-state index contributed by atoms with van der Waals surface area (Å²) < 4.78 is 0. The van der Waals surface area contributed by atoms with E-state index in [-0.39, 0.29) is 0 Å². The van der Waals surface area contributed by atoms with Gasteiger partial charge < -0.3 is 0 Å². The maximum atomic E-state index is 2.31. The molecule has 88 valence electrons. The Morgan fingerprint density at radius 2 is 1.35 bits per heavy atom. The van der Waals surface area contributed by atoms with Gasteiger partial charge in [-0.15, -0.1) is 0 Å². The molecule has 0 radical (unpaired) electrons. The Balaban J connectivity index is 2.54. The molecular formula is C17H20. The van der Waals surface area contributed by atoms with Crippen LogP contribution in [0.15, 0.2) is 42.5 Å². The van der Waals surface area contributed by atoms with Crippen molar-refractivity contribution < 1.29 is 0 Å². The van der Waals surface area contributed by atoms with Gasteiger partial charge in [0.1, 0.15) is 0 Å². The van der Waals surface area contributed by atoms with Crippen LogP contribution in [0.3, 0.4) is 0 Å². The number of benzene rings is 2. The van der Waals surface area contributed by atoms with Crippen molar-refractivity contribution in [1.82, 2.24) is 0 Å². The molecule has 17 heavy (non-hydrogen) atoms. The van der Waals surface area contributed by atoms with Crippen molar-refractivity contribution in [2.75, 3.05) is 0 Å². The highest BCUT2D eigenvalue weighted by Gasteiger charge is 2.08. The van der Waals surface area contributed by atoms with Gasteiger partial charge in [-0.3, -0.25) is 0 Å². The van der Waals surface area contributed by atoms with Gasteiger partial charge in [-0.2, -0.15) is 0 Å². The van der Waals surface area contributed by atoms with E-state index < -0.39 is 0 Å². The zero-order valence-electron chi connectivity index (χ0n) is 11.1. The molecule has 0 saturated heterocycles. The summed E-state index contributed by atoms with van der Waals surface area (Å²) >= 11 is 0. The highest BCUT2D eigenvalue weighted by molar-refractivity contribution is 5.68. The van der Waals surface area contributed by atoms with E-state index in [2.05, 4.69) is 70.2 Å². The molecule has 0 heterocycles. The molecule has 0 saturated carbocycles. The first-order chi connectivity index (χ1) is 8.08. The fourth-order valence-corrected chi connectivity index (χ4v) is 2.16. The van der Waals surface area contributed by atoms with Crippen molar-refractivity contribution >= 4 is 0 Å². The average molecular weight is 224 g/mol. The average Bonchev–Trinajstić information content (AvgIpc) is 2.30. The Morgan fingerprint density at radius 3 is 1.94 bits per heavy atom. The molecule has 0 bridgehead atoms. The van der Waals surface area contributed by atoms with Crippen molar-refractivity contribution in [3.05, 3.63) is 59.2 Å². The van der Waals surface area contributed by atoms with E-state index in [1.807, 2.05) is 0 Å². The topological polar surface area (TPSA) is 0 Å². The molecule has 0 aromatic heterocycles. The van der Waals surface area contributed by atoms with E-state index in [4.69, 9.17) is 0 Å². The van der Waals surface area contributed by atoms with Gasteiger partial charge in [-0.25, -0.2) is 0 Å². The molecule has 0 spiro atoms. The largest absolute Gasteiger partial charge is 0.0587 e. The van der Waals surface area contributed by atoms with E-state index >= 15 is 0 Å². The lowest BCUT2D eigenvalue weighted by Gasteiger charge is -2.14. The van der Waals surface area contributed by atoms with Crippen molar-refractivity contribution in [3.8, 4) is 11.1 Å². The Labute approximate surface area is 104 Å². The summed E-state index contributed by atoms with van der Waals surface area (Å²) in [5.41, 5.74) is 6.77. The first kappa shape index (κ1) is 11.9. The smallest absolute Gasteiger partial charge is 0.0149 e. The van der Waals surface area contributed by atoms with Crippen LogP contribution in [0.25, 0.3) is 11.1 Å². The van der Waals surface area contributed by atoms with E-state index in [0.29, 0.717) is 5.92 Å². The van der Waals surface area contributed by atoms with Gasteiger partial charge in [0.2, 0.25) is 0 Å². The summed E-state index contributed by atoms with van der Waals surface area (Å²) in [7, 11) is 0. The van der Waals surface area contributed by atoms with Crippen molar-refractivity contribution in [1.29, 1.82) is 0 Å². The first-order valence-electron chi connectivity index (χ1n) is 6.25. The molecule has 0 fully saturated rings. The third-order valence-electron chi connectivity index (χ3n) is 3.19. The standard InChI is InChI=1S/C17H20/c1-12(2)17-11-14(4)7-10-16(17)15-8-5-13(3)6-9-15/h5-12H,1-4H3. The van der Waals surface area contributed by atoms with Crippen molar-refractivity contribution in [2.24, 2.45) is 0 Å². The zero-order valence-corrected chi connectivity index (χ0v) is 11.1. The van der Waals surface area contributed by atoms with Gasteiger partial charge in [-0.05, 0) is 36.5 Å². The normalized spacial score (nSPS) is 10.9. The molecular weight excluding hydrogens is 204 g/mol. The highest BCUT2D eigenvalue weighted by atomic mass is 14.1. The Hall–Kier alpha value is -1.56. The van der Waals surface area contributed by atoms with Crippen LogP contribution in [-0.4, -0.2) is 0 Å². The fourth-order valence-electron chi connectivity index (χ4n) is 2.16. The van der Waals surface area contributed by atoms with E-state index in [0.717, 1.165) is 0 Å². The first-order valence-corrected chi connectivity index (χ1v) is 6.25. The van der Waals surface area contributed by atoms with Crippen LogP contribution >= 0.6 is 0 Å². The Bertz CT molecular complexity index is 504. The lowest BCUT2D eigenvalue weighted by atomic mass is 9.91. The van der Waals surface area contributed by atoms with Gasteiger partial charge in [0.25, 0.3) is 0 Å². The molecule has 2 aromatic rings. The minimum Gasteiger partial charge on any atom is -0.0587 e. The second kappa shape index (κ2) is 4.75. The summed E-state index contributed by atoms with van der Waals surface area (Å²) in [5, 5.41) is 0. The number of hydrogen-bond donors (Lipinski definition) is 0. The van der Waals surface area contributed by atoms with Gasteiger partial charge in [0, 0.05) is 0 Å². The predicted molar refractivity (Wildman–Crippen MR) is 75.4 cm³/mol. The number of rotatable bonds is 2. The lowest BCUT2D eigenvalue weighted by Crippen LogP contribution is -1.93. The van der Waals surface area contributed by atoms with Crippen LogP contribution in [0.5, 0.6) is 0 Å². The molecule has 0 aliphatic heterocycles. The maximum absolute atomic E-state index is 2.31. The second-order valence-corrected chi connectivity index (χ2v) is 5.11. The van der Waals surface area contributed by atoms with E-state index in [9.17, 15) is 0 Å². The SMILES string of the molecule is Cc1ccc(-c2ccc(C)cc2C(C)C)cc1. The molecule has 2 rings (SSSR count). The van der Waals surface area contributed by atoms with Crippen LogP contribution in [0.1, 0.15) is 36.5 Å². The molecule has 0 N–H and O–H groups in total. The third-order valence-corrected chi connectivity index (χ3v) is 3.19. The van der Waals surface area contributed by atoms with Crippen LogP contribution in [0.4, 0.5) is 0 Å². The molecule has 2 aromatic carbocycles. The van der Waals surface area contributed by atoms with Crippen LogP contribution in [0.2, 0.25) is 0 Å². The summed E-state index contributed by atoms with van der Waals surface area (Å²) in [6, 6.07) is 15.5. The quantitative estimate of drug-likeness (QED) is 0.666. The molecule has 0 heteroatoms. The van der Waals surface area contributed by atoms with Gasteiger partial charge in [-0.1, -0.05) is 67.4 Å². The van der Waals surface area contributed by atoms with Crippen LogP contribution in [-0.2, 0) is 0 Å². The monoisotopic (exact) mass is 224 g/mol. The van der Waals surface area contributed by atoms with Gasteiger partial charge in [0.15, 0.2) is 0 Å². The predicted octanol–water partition coefficient (Wildman–Crippen LogP) is 5.09. The fraction of sp³-hybridized carbons (Fsp3) is 0.294. The maximum Gasteiger partial charge on any atom is -0.0149 e.